The number of piperidine rings is 1. The molecular formula is C14H18N2O4. The van der Waals surface area contributed by atoms with Gasteiger partial charge in [0.1, 0.15) is 6.04 Å². The van der Waals surface area contributed by atoms with Crippen molar-refractivity contribution >= 4 is 11.7 Å². The molecule has 1 fully saturated rings. The molecule has 0 amide bonds. The zero-order chi connectivity index (χ0) is 14.7. The molecular weight excluding hydrogens is 260 g/mol. The van der Waals surface area contributed by atoms with Crippen molar-refractivity contribution in [3.8, 4) is 0 Å². The van der Waals surface area contributed by atoms with E-state index < -0.39 is 16.9 Å². The molecule has 0 spiro atoms. The average Bonchev–Trinajstić information content (AvgIpc) is 2.46. The number of likely N-dealkylation sites (tertiary alicyclic amines) is 1. The molecule has 2 unspecified atom stereocenters. The van der Waals surface area contributed by atoms with Gasteiger partial charge in [-0.1, -0.05) is 18.6 Å². The van der Waals surface area contributed by atoms with Gasteiger partial charge in [-0.2, -0.15) is 0 Å². The predicted octanol–water partition coefficient (Wildman–Crippen LogP) is 2.59. The number of carboxylic acid groups (broad SMARTS) is 1. The molecule has 108 valence electrons. The molecule has 1 aromatic rings. The number of carboxylic acids is 1. The SMILES string of the molecule is CC(c1ccc([N+](=O)[O-])cc1)N1CCCCC1C(=O)O. The minimum atomic E-state index is -0.793. The Morgan fingerprint density at radius 2 is 2.05 bits per heavy atom. The maximum Gasteiger partial charge on any atom is 0.320 e. The first-order chi connectivity index (χ1) is 9.50. The molecule has 20 heavy (non-hydrogen) atoms. The molecule has 6 heteroatoms. The third-order valence-electron chi connectivity index (χ3n) is 3.91. The largest absolute Gasteiger partial charge is 0.480 e. The van der Waals surface area contributed by atoms with Crippen LogP contribution >= 0.6 is 0 Å². The first-order valence-electron chi connectivity index (χ1n) is 6.73. The van der Waals surface area contributed by atoms with Gasteiger partial charge >= 0.3 is 5.97 Å². The van der Waals surface area contributed by atoms with Crippen LogP contribution in [0.5, 0.6) is 0 Å². The van der Waals surface area contributed by atoms with Crippen LogP contribution in [0.2, 0.25) is 0 Å². The summed E-state index contributed by atoms with van der Waals surface area (Å²) in [5.74, 6) is -0.793. The Morgan fingerprint density at radius 3 is 2.60 bits per heavy atom. The maximum absolute atomic E-state index is 11.3. The maximum atomic E-state index is 11.3. The van der Waals surface area contributed by atoms with Crippen LogP contribution in [0.4, 0.5) is 5.69 Å². The van der Waals surface area contributed by atoms with Crippen molar-refractivity contribution in [3.63, 3.8) is 0 Å². The first kappa shape index (κ1) is 14.5. The highest BCUT2D eigenvalue weighted by Gasteiger charge is 2.32. The van der Waals surface area contributed by atoms with E-state index in [0.29, 0.717) is 6.42 Å². The Hall–Kier alpha value is -1.95. The Balaban J connectivity index is 2.18. The van der Waals surface area contributed by atoms with Crippen LogP contribution < -0.4 is 0 Å². The van der Waals surface area contributed by atoms with Gasteiger partial charge < -0.3 is 5.11 Å². The normalized spacial score (nSPS) is 21.4. The van der Waals surface area contributed by atoms with Gasteiger partial charge in [0.25, 0.3) is 5.69 Å². The van der Waals surface area contributed by atoms with Crippen LogP contribution in [0, 0.1) is 10.1 Å². The molecule has 2 atom stereocenters. The van der Waals surface area contributed by atoms with Crippen molar-refractivity contribution in [3.05, 3.63) is 39.9 Å². The lowest BCUT2D eigenvalue weighted by molar-refractivity contribution is -0.384. The lowest BCUT2D eigenvalue weighted by Gasteiger charge is -2.37. The molecule has 1 saturated heterocycles. The van der Waals surface area contributed by atoms with Gasteiger partial charge in [-0.15, -0.1) is 0 Å². The minimum absolute atomic E-state index is 0.0504. The van der Waals surface area contributed by atoms with Crippen molar-refractivity contribution in [1.29, 1.82) is 0 Å². The summed E-state index contributed by atoms with van der Waals surface area (Å²) in [6.07, 6.45) is 2.58. The molecule has 1 aromatic carbocycles. The summed E-state index contributed by atoms with van der Waals surface area (Å²) in [5.41, 5.74) is 0.957. The second kappa shape index (κ2) is 6.00. The highest BCUT2D eigenvalue weighted by molar-refractivity contribution is 5.73. The number of benzene rings is 1. The van der Waals surface area contributed by atoms with Gasteiger partial charge in [-0.3, -0.25) is 19.8 Å². The van der Waals surface area contributed by atoms with E-state index >= 15 is 0 Å². The van der Waals surface area contributed by atoms with E-state index in [1.54, 1.807) is 12.1 Å². The zero-order valence-electron chi connectivity index (χ0n) is 11.4. The molecule has 0 aliphatic carbocycles. The van der Waals surface area contributed by atoms with Gasteiger partial charge in [0, 0.05) is 18.2 Å². The summed E-state index contributed by atoms with van der Waals surface area (Å²) in [6.45, 7) is 2.69. The fraction of sp³-hybridized carbons (Fsp3) is 0.500. The van der Waals surface area contributed by atoms with Crippen LogP contribution in [0.3, 0.4) is 0 Å². The monoisotopic (exact) mass is 278 g/mol. The van der Waals surface area contributed by atoms with E-state index in [9.17, 15) is 20.0 Å². The molecule has 0 radical (unpaired) electrons. The third-order valence-corrected chi connectivity index (χ3v) is 3.91. The first-order valence-corrected chi connectivity index (χ1v) is 6.73. The molecule has 1 aliphatic heterocycles. The topological polar surface area (TPSA) is 83.7 Å². The van der Waals surface area contributed by atoms with Crippen LogP contribution in [0.15, 0.2) is 24.3 Å². The highest BCUT2D eigenvalue weighted by Crippen LogP contribution is 2.29. The van der Waals surface area contributed by atoms with E-state index in [4.69, 9.17) is 0 Å². The third kappa shape index (κ3) is 2.96. The number of nitro groups is 1. The Kier molecular flexibility index (Phi) is 4.34. The Bertz CT molecular complexity index is 500. The van der Waals surface area contributed by atoms with Gasteiger partial charge in [0.2, 0.25) is 0 Å². The Morgan fingerprint density at radius 1 is 1.40 bits per heavy atom. The highest BCUT2D eigenvalue weighted by atomic mass is 16.6. The van der Waals surface area contributed by atoms with E-state index in [1.807, 2.05) is 11.8 Å². The van der Waals surface area contributed by atoms with Crippen LogP contribution in [-0.2, 0) is 4.79 Å². The molecule has 0 aromatic heterocycles. The standard InChI is InChI=1S/C14H18N2O4/c1-10(11-5-7-12(8-6-11)16(19)20)15-9-3-2-4-13(15)14(17)18/h5-8,10,13H,2-4,9H2,1H3,(H,17,18). The van der Waals surface area contributed by atoms with Crippen molar-refractivity contribution in [2.24, 2.45) is 0 Å². The van der Waals surface area contributed by atoms with Crippen LogP contribution in [0.25, 0.3) is 0 Å². The fourth-order valence-electron chi connectivity index (χ4n) is 2.75. The molecule has 1 N–H and O–H groups in total. The molecule has 1 aliphatic rings. The molecule has 0 saturated carbocycles. The number of aliphatic carboxylic acids is 1. The fourth-order valence-corrected chi connectivity index (χ4v) is 2.75. The Labute approximate surface area is 117 Å². The summed E-state index contributed by atoms with van der Waals surface area (Å²) in [7, 11) is 0. The molecule has 6 nitrogen and oxygen atoms in total. The summed E-state index contributed by atoms with van der Waals surface area (Å²) in [5, 5.41) is 19.9. The number of hydrogen-bond donors (Lipinski definition) is 1. The van der Waals surface area contributed by atoms with Crippen molar-refractivity contribution in [2.75, 3.05) is 6.54 Å². The van der Waals surface area contributed by atoms with Gasteiger partial charge in [-0.05, 0) is 31.9 Å². The lowest BCUT2D eigenvalue weighted by Crippen LogP contribution is -2.45. The second-order valence-electron chi connectivity index (χ2n) is 5.11. The number of non-ortho nitro benzene ring substituents is 1. The van der Waals surface area contributed by atoms with E-state index in [-0.39, 0.29) is 11.7 Å². The quantitative estimate of drug-likeness (QED) is 0.676. The van der Waals surface area contributed by atoms with Gasteiger partial charge in [-0.25, -0.2) is 0 Å². The molecule has 0 bridgehead atoms. The number of rotatable bonds is 4. The minimum Gasteiger partial charge on any atom is -0.480 e. The molecule has 2 rings (SSSR count). The van der Waals surface area contributed by atoms with Crippen LogP contribution in [0.1, 0.15) is 37.8 Å². The van der Waals surface area contributed by atoms with E-state index in [2.05, 4.69) is 0 Å². The number of hydrogen-bond acceptors (Lipinski definition) is 4. The van der Waals surface area contributed by atoms with Crippen molar-refractivity contribution in [1.82, 2.24) is 4.90 Å². The van der Waals surface area contributed by atoms with Gasteiger partial charge in [0.05, 0.1) is 4.92 Å². The van der Waals surface area contributed by atoms with Crippen LogP contribution in [-0.4, -0.2) is 33.5 Å². The van der Waals surface area contributed by atoms with Crippen molar-refractivity contribution < 1.29 is 14.8 Å². The summed E-state index contributed by atoms with van der Waals surface area (Å²) < 4.78 is 0. The predicted molar refractivity (Wildman–Crippen MR) is 73.5 cm³/mol. The summed E-state index contributed by atoms with van der Waals surface area (Å²) in [6, 6.07) is 5.81. The average molecular weight is 278 g/mol. The number of nitro benzene ring substituents is 1. The van der Waals surface area contributed by atoms with E-state index in [0.717, 1.165) is 24.9 Å². The number of carbonyl (C=O) groups is 1. The zero-order valence-corrected chi connectivity index (χ0v) is 11.4. The smallest absolute Gasteiger partial charge is 0.320 e. The van der Waals surface area contributed by atoms with Crippen molar-refractivity contribution in [2.45, 2.75) is 38.3 Å². The summed E-state index contributed by atoms with van der Waals surface area (Å²) in [4.78, 5) is 23.5. The lowest BCUT2D eigenvalue weighted by atomic mass is 9.97. The summed E-state index contributed by atoms with van der Waals surface area (Å²) >= 11 is 0. The van der Waals surface area contributed by atoms with E-state index in [1.165, 1.54) is 12.1 Å². The molecule has 1 heterocycles. The number of nitrogens with zero attached hydrogens (tertiary/aromatic N) is 2. The van der Waals surface area contributed by atoms with Gasteiger partial charge in [0.15, 0.2) is 0 Å². The second-order valence-corrected chi connectivity index (χ2v) is 5.11.